The van der Waals surface area contributed by atoms with Gasteiger partial charge in [-0.3, -0.25) is 13.9 Å². The number of alkyl halides is 2. The summed E-state index contributed by atoms with van der Waals surface area (Å²) in [6.07, 6.45) is -1.56. The molecule has 10 heteroatoms. The summed E-state index contributed by atoms with van der Waals surface area (Å²) < 4.78 is 52.5. The van der Waals surface area contributed by atoms with Crippen molar-refractivity contribution in [2.75, 3.05) is 0 Å². The first-order chi connectivity index (χ1) is 13.9. The number of halogens is 3. The molecule has 0 aliphatic rings. The monoisotopic (exact) mass is 503 g/mol. The minimum Gasteiger partial charge on any atom is -0.435 e. The van der Waals surface area contributed by atoms with Gasteiger partial charge in [-0.2, -0.15) is 14.0 Å². The second kappa shape index (κ2) is 9.52. The number of fused-ring (bicyclic) bond motifs is 1. The van der Waals surface area contributed by atoms with E-state index in [1.807, 2.05) is 6.07 Å². The molecule has 2 unspecified atom stereocenters. The molecule has 2 rings (SSSR count). The third kappa shape index (κ3) is 5.25. The van der Waals surface area contributed by atoms with E-state index in [4.69, 9.17) is 14.5 Å². The van der Waals surface area contributed by atoms with Crippen molar-refractivity contribution >= 4 is 40.3 Å². The maximum absolute atomic E-state index is 15.2. The van der Waals surface area contributed by atoms with Crippen LogP contribution in [0.4, 0.5) is 8.78 Å². The molecule has 1 N–H and O–H groups in total. The van der Waals surface area contributed by atoms with Crippen molar-refractivity contribution in [1.29, 1.82) is 5.26 Å². The van der Waals surface area contributed by atoms with Crippen molar-refractivity contribution in [1.82, 2.24) is 0 Å². The normalized spacial score (nSPS) is 14.9. The lowest BCUT2D eigenvalue weighted by Crippen LogP contribution is -2.28. The van der Waals surface area contributed by atoms with E-state index in [1.165, 1.54) is 26.8 Å². The van der Waals surface area contributed by atoms with Gasteiger partial charge >= 0.3 is 19.2 Å². The summed E-state index contributed by atoms with van der Waals surface area (Å²) in [7, 11) is -5.62. The molecule has 0 aliphatic heterocycles. The van der Waals surface area contributed by atoms with Gasteiger partial charge in [0.15, 0.2) is 0 Å². The molecule has 30 heavy (non-hydrogen) atoms. The molecule has 0 saturated heterocycles. The summed E-state index contributed by atoms with van der Waals surface area (Å²) in [6.45, 7) is 4.52. The molecule has 0 fully saturated rings. The van der Waals surface area contributed by atoms with E-state index in [9.17, 15) is 14.3 Å². The van der Waals surface area contributed by atoms with E-state index in [2.05, 4.69) is 15.9 Å². The molecule has 0 saturated carbocycles. The van der Waals surface area contributed by atoms with Gasteiger partial charge in [-0.05, 0) is 28.5 Å². The lowest BCUT2D eigenvalue weighted by Gasteiger charge is -2.28. The van der Waals surface area contributed by atoms with Gasteiger partial charge in [-0.1, -0.05) is 54.9 Å². The molecule has 0 amide bonds. The van der Waals surface area contributed by atoms with Gasteiger partial charge in [0.2, 0.25) is 6.29 Å². The maximum atomic E-state index is 15.2. The standard InChI is InChI=1S/C20H21BrF2NO5P/c1-4-18(25)28-19(12(2)3)29-30(26,27)20(22,23)16-10-15-9-13(7-8-24)5-6-14(15)11-17(16)21/h5-6,9-12,19H,4,7H2,1-3H3,(H,26,27). The number of ether oxygens (including phenoxy) is 1. The van der Waals surface area contributed by atoms with Crippen LogP contribution in [0.25, 0.3) is 10.8 Å². The average molecular weight is 504 g/mol. The van der Waals surface area contributed by atoms with Crippen molar-refractivity contribution in [3.8, 4) is 6.07 Å². The van der Waals surface area contributed by atoms with Crippen LogP contribution in [0, 0.1) is 17.2 Å². The van der Waals surface area contributed by atoms with Crippen LogP contribution < -0.4 is 0 Å². The zero-order chi connectivity index (χ0) is 22.7. The first-order valence-electron chi connectivity index (χ1n) is 9.11. The molecule has 0 aliphatic carbocycles. The Morgan fingerprint density at radius 3 is 2.53 bits per heavy atom. The molecule has 0 spiro atoms. The largest absolute Gasteiger partial charge is 0.435 e. The number of esters is 1. The summed E-state index contributed by atoms with van der Waals surface area (Å²) in [5, 5.41) is 9.81. The third-order valence-corrected chi connectivity index (χ3v) is 6.38. The van der Waals surface area contributed by atoms with Crippen LogP contribution in [0.1, 0.15) is 38.3 Å². The fourth-order valence-corrected chi connectivity index (χ4v) is 4.56. The van der Waals surface area contributed by atoms with Crippen LogP contribution >= 0.6 is 23.5 Å². The highest BCUT2D eigenvalue weighted by molar-refractivity contribution is 9.10. The quantitative estimate of drug-likeness (QED) is 0.275. The molecule has 2 atom stereocenters. The van der Waals surface area contributed by atoms with Crippen molar-refractivity contribution in [3.05, 3.63) is 45.9 Å². The topological polar surface area (TPSA) is 96.6 Å². The molecule has 0 aromatic heterocycles. The lowest BCUT2D eigenvalue weighted by molar-refractivity contribution is -0.172. The average Bonchev–Trinajstić information content (AvgIpc) is 2.66. The van der Waals surface area contributed by atoms with Gasteiger partial charge in [-0.15, -0.1) is 0 Å². The Morgan fingerprint density at radius 2 is 1.97 bits per heavy atom. The van der Waals surface area contributed by atoms with Crippen LogP contribution in [0.5, 0.6) is 0 Å². The van der Waals surface area contributed by atoms with Gasteiger partial charge in [-0.25, -0.2) is 0 Å². The number of carbonyl (C=O) groups excluding carboxylic acids is 1. The van der Waals surface area contributed by atoms with Gasteiger partial charge < -0.3 is 9.63 Å². The van der Waals surface area contributed by atoms with Crippen LogP contribution in [0.15, 0.2) is 34.8 Å². The fraction of sp³-hybridized carbons (Fsp3) is 0.400. The molecule has 6 nitrogen and oxygen atoms in total. The Morgan fingerprint density at radius 1 is 1.30 bits per heavy atom. The van der Waals surface area contributed by atoms with Gasteiger partial charge in [0, 0.05) is 22.4 Å². The Bertz CT molecular complexity index is 1040. The van der Waals surface area contributed by atoms with Crippen LogP contribution in [0.2, 0.25) is 0 Å². The van der Waals surface area contributed by atoms with Crippen LogP contribution in [0.3, 0.4) is 0 Å². The molecular weight excluding hydrogens is 483 g/mol. The van der Waals surface area contributed by atoms with E-state index < -0.39 is 37.0 Å². The van der Waals surface area contributed by atoms with Crippen molar-refractivity contribution < 1.29 is 32.3 Å². The molecule has 2 aromatic carbocycles. The summed E-state index contributed by atoms with van der Waals surface area (Å²) >= 11 is 3.04. The van der Waals surface area contributed by atoms with Crippen molar-refractivity contribution in [2.24, 2.45) is 5.92 Å². The minimum absolute atomic E-state index is 0.0417. The SMILES string of the molecule is CCC(=O)OC(OP(=O)(O)C(F)(F)c1cc2cc(CC#N)ccc2cc1Br)C(C)C. The Labute approximate surface area is 181 Å². The molecule has 0 bridgehead atoms. The fourth-order valence-electron chi connectivity index (χ4n) is 2.60. The molecular formula is C20H21BrF2NO5P. The highest BCUT2D eigenvalue weighted by Gasteiger charge is 2.55. The second-order valence-corrected chi connectivity index (χ2v) is 9.64. The first-order valence-corrected chi connectivity index (χ1v) is 11.5. The van der Waals surface area contributed by atoms with Gasteiger partial charge in [0.05, 0.1) is 12.5 Å². The molecule has 0 radical (unpaired) electrons. The lowest BCUT2D eigenvalue weighted by atomic mass is 10.0. The zero-order valence-electron chi connectivity index (χ0n) is 16.6. The van der Waals surface area contributed by atoms with E-state index in [0.29, 0.717) is 16.3 Å². The van der Waals surface area contributed by atoms with Crippen LogP contribution in [-0.2, 0) is 30.7 Å². The summed E-state index contributed by atoms with van der Waals surface area (Å²) in [6, 6.07) is 9.38. The van der Waals surface area contributed by atoms with Gasteiger partial charge in [0.25, 0.3) is 0 Å². The number of benzene rings is 2. The smallest absolute Gasteiger partial charge is 0.405 e. The highest BCUT2D eigenvalue weighted by atomic mass is 79.9. The Balaban J connectivity index is 2.47. The number of nitrogens with zero attached hydrogens (tertiary/aromatic N) is 1. The number of carbonyl (C=O) groups is 1. The van der Waals surface area contributed by atoms with E-state index in [-0.39, 0.29) is 17.3 Å². The van der Waals surface area contributed by atoms with Crippen LogP contribution in [-0.4, -0.2) is 17.2 Å². The zero-order valence-corrected chi connectivity index (χ0v) is 19.0. The first kappa shape index (κ1) is 24.4. The predicted molar refractivity (Wildman–Crippen MR) is 111 cm³/mol. The second-order valence-electron chi connectivity index (χ2n) is 6.97. The molecule has 2 aromatic rings. The van der Waals surface area contributed by atoms with E-state index in [1.54, 1.807) is 18.2 Å². The summed E-state index contributed by atoms with van der Waals surface area (Å²) in [4.78, 5) is 21.7. The van der Waals surface area contributed by atoms with Gasteiger partial charge in [0.1, 0.15) is 0 Å². The molecule has 0 heterocycles. The number of rotatable bonds is 8. The predicted octanol–water partition coefficient (Wildman–Crippen LogP) is 5.85. The number of hydrogen-bond donors (Lipinski definition) is 1. The van der Waals surface area contributed by atoms with Crippen molar-refractivity contribution in [3.63, 3.8) is 0 Å². The summed E-state index contributed by atoms with van der Waals surface area (Å²) in [5.41, 5.74) is -4.42. The van der Waals surface area contributed by atoms with E-state index in [0.717, 1.165) is 6.07 Å². The molecule has 162 valence electrons. The Kier molecular flexibility index (Phi) is 7.75. The summed E-state index contributed by atoms with van der Waals surface area (Å²) in [5.74, 6) is -1.38. The maximum Gasteiger partial charge on any atom is 0.405 e. The Hall–Kier alpha value is -1.85. The number of nitriles is 1. The highest BCUT2D eigenvalue weighted by Crippen LogP contribution is 2.65. The minimum atomic E-state index is -5.62. The third-order valence-electron chi connectivity index (χ3n) is 4.28. The number of hydrogen-bond acceptors (Lipinski definition) is 5. The van der Waals surface area contributed by atoms with E-state index >= 15 is 8.78 Å². The van der Waals surface area contributed by atoms with Crippen molar-refractivity contribution in [2.45, 2.75) is 45.6 Å².